The molecule has 4 nitrogen and oxygen atoms in total. The van der Waals surface area contributed by atoms with E-state index in [1.54, 1.807) is 18.4 Å². The number of nitrogens with one attached hydrogen (secondary N) is 1. The van der Waals surface area contributed by atoms with Gasteiger partial charge in [-0.25, -0.2) is 9.37 Å². The number of nitrogens with zero attached hydrogens (tertiary/aromatic N) is 2. The van der Waals surface area contributed by atoms with Crippen molar-refractivity contribution in [2.75, 3.05) is 26.2 Å². The molecule has 1 fully saturated rings. The maximum atomic E-state index is 13.1. The maximum Gasteiger partial charge on any atom is 0.226 e. The van der Waals surface area contributed by atoms with Crippen LogP contribution in [0.1, 0.15) is 5.69 Å². The Labute approximate surface area is 135 Å². The molecule has 1 aliphatic heterocycles. The molecule has 0 atom stereocenters. The molecule has 0 bridgehead atoms. The normalized spacial score (nSPS) is 15.1. The van der Waals surface area contributed by atoms with Crippen molar-refractivity contribution < 1.29 is 8.81 Å². The Morgan fingerprint density at radius 1 is 1.24 bits per heavy atom. The minimum Gasteiger partial charge on any atom is -0.444 e. The molecule has 0 amide bonds. The lowest BCUT2D eigenvalue weighted by Gasteiger charge is -2.25. The monoisotopic (exact) mass is 333 g/mol. The van der Waals surface area contributed by atoms with Gasteiger partial charge in [0.05, 0.1) is 5.69 Å². The van der Waals surface area contributed by atoms with Crippen molar-refractivity contribution in [2.45, 2.75) is 6.54 Å². The number of piperazine rings is 1. The first-order chi connectivity index (χ1) is 9.31. The number of oxazole rings is 1. The molecule has 1 aromatic heterocycles. The molecular weight excluding hydrogens is 316 g/mol. The first kappa shape index (κ1) is 17.9. The first-order valence-corrected chi connectivity index (χ1v) is 6.45. The Morgan fingerprint density at radius 2 is 2.00 bits per heavy atom. The molecule has 7 heteroatoms. The van der Waals surface area contributed by atoms with Gasteiger partial charge in [0.1, 0.15) is 12.1 Å². The number of hydrogen-bond acceptors (Lipinski definition) is 4. The van der Waals surface area contributed by atoms with E-state index in [2.05, 4.69) is 15.2 Å². The molecule has 0 saturated carbocycles. The van der Waals surface area contributed by atoms with E-state index in [1.165, 1.54) is 12.1 Å². The van der Waals surface area contributed by atoms with Crippen LogP contribution in [-0.4, -0.2) is 36.1 Å². The second-order valence-corrected chi connectivity index (χ2v) is 4.68. The summed E-state index contributed by atoms with van der Waals surface area (Å²) in [6.45, 7) is 4.83. The summed E-state index contributed by atoms with van der Waals surface area (Å²) < 4.78 is 18.6. The standard InChI is InChI=1S/C14H16FN3O.2ClH/c15-12-3-1-2-11(8-12)14-17-13(10-19-14)9-18-6-4-16-5-7-18;;/h1-3,8,10,16H,4-7,9H2;2*1H. The van der Waals surface area contributed by atoms with Crippen LogP contribution in [0.3, 0.4) is 0 Å². The Balaban J connectivity index is 0.00000110. The number of halogens is 3. The zero-order valence-electron chi connectivity index (χ0n) is 11.4. The fourth-order valence-corrected chi connectivity index (χ4v) is 2.23. The van der Waals surface area contributed by atoms with Crippen LogP contribution >= 0.6 is 24.8 Å². The molecular formula is C14H18Cl2FN3O. The second-order valence-electron chi connectivity index (χ2n) is 4.68. The molecule has 0 unspecified atom stereocenters. The number of benzene rings is 1. The predicted octanol–water partition coefficient (Wildman–Crippen LogP) is 2.73. The van der Waals surface area contributed by atoms with E-state index >= 15 is 0 Å². The zero-order valence-corrected chi connectivity index (χ0v) is 13.1. The van der Waals surface area contributed by atoms with E-state index in [9.17, 15) is 4.39 Å². The van der Waals surface area contributed by atoms with Gasteiger partial charge in [-0.15, -0.1) is 24.8 Å². The van der Waals surface area contributed by atoms with Crippen LogP contribution in [0, 0.1) is 5.82 Å². The Morgan fingerprint density at radius 3 is 2.71 bits per heavy atom. The summed E-state index contributed by atoms with van der Waals surface area (Å²) in [5.74, 6) is 0.198. The van der Waals surface area contributed by atoms with Gasteiger partial charge in [-0.3, -0.25) is 4.90 Å². The largest absolute Gasteiger partial charge is 0.444 e. The van der Waals surface area contributed by atoms with E-state index in [0.29, 0.717) is 11.5 Å². The van der Waals surface area contributed by atoms with Gasteiger partial charge in [-0.1, -0.05) is 6.07 Å². The fraction of sp³-hybridized carbons (Fsp3) is 0.357. The highest BCUT2D eigenvalue weighted by molar-refractivity contribution is 5.85. The van der Waals surface area contributed by atoms with Crippen LogP contribution in [-0.2, 0) is 6.54 Å². The molecule has 2 heterocycles. The molecule has 0 spiro atoms. The van der Waals surface area contributed by atoms with Crippen LogP contribution < -0.4 is 5.32 Å². The maximum absolute atomic E-state index is 13.1. The molecule has 0 radical (unpaired) electrons. The lowest BCUT2D eigenvalue weighted by molar-refractivity contribution is 0.230. The quantitative estimate of drug-likeness (QED) is 0.937. The number of rotatable bonds is 3. The smallest absolute Gasteiger partial charge is 0.226 e. The highest BCUT2D eigenvalue weighted by atomic mass is 35.5. The van der Waals surface area contributed by atoms with Gasteiger partial charge in [0.25, 0.3) is 0 Å². The summed E-state index contributed by atoms with van der Waals surface area (Å²) in [7, 11) is 0. The van der Waals surface area contributed by atoms with E-state index in [4.69, 9.17) is 4.42 Å². The molecule has 0 aliphatic carbocycles. The molecule has 1 aromatic carbocycles. The number of aromatic nitrogens is 1. The van der Waals surface area contributed by atoms with Gasteiger partial charge in [0.15, 0.2) is 0 Å². The van der Waals surface area contributed by atoms with Crippen molar-refractivity contribution >= 4 is 24.8 Å². The lowest BCUT2D eigenvalue weighted by Crippen LogP contribution is -2.42. The lowest BCUT2D eigenvalue weighted by atomic mass is 10.2. The first-order valence-electron chi connectivity index (χ1n) is 6.45. The molecule has 3 rings (SSSR count). The molecule has 1 saturated heterocycles. The van der Waals surface area contributed by atoms with Crippen LogP contribution in [0.2, 0.25) is 0 Å². The molecule has 116 valence electrons. The zero-order chi connectivity index (χ0) is 13.1. The summed E-state index contributed by atoms with van der Waals surface area (Å²) in [5.41, 5.74) is 1.56. The van der Waals surface area contributed by atoms with Gasteiger partial charge in [0, 0.05) is 38.3 Å². The van der Waals surface area contributed by atoms with Gasteiger partial charge in [-0.2, -0.15) is 0 Å². The summed E-state index contributed by atoms with van der Waals surface area (Å²) in [5, 5.41) is 3.31. The fourth-order valence-electron chi connectivity index (χ4n) is 2.23. The van der Waals surface area contributed by atoms with Crippen molar-refractivity contribution in [3.63, 3.8) is 0 Å². The summed E-state index contributed by atoms with van der Waals surface area (Å²) in [6, 6.07) is 6.29. The third-order valence-corrected chi connectivity index (χ3v) is 3.22. The second kappa shape index (κ2) is 8.34. The van der Waals surface area contributed by atoms with E-state index < -0.39 is 0 Å². The average molecular weight is 334 g/mol. The van der Waals surface area contributed by atoms with Crippen molar-refractivity contribution in [3.8, 4) is 11.5 Å². The average Bonchev–Trinajstić information content (AvgIpc) is 2.88. The van der Waals surface area contributed by atoms with E-state index in [-0.39, 0.29) is 30.6 Å². The summed E-state index contributed by atoms with van der Waals surface area (Å²) in [6.07, 6.45) is 1.66. The topological polar surface area (TPSA) is 41.3 Å². The Kier molecular flexibility index (Phi) is 7.11. The van der Waals surface area contributed by atoms with Crippen LogP contribution in [0.15, 0.2) is 34.9 Å². The highest BCUT2D eigenvalue weighted by Crippen LogP contribution is 2.20. The Hall–Kier alpha value is -1.14. The number of hydrogen-bond donors (Lipinski definition) is 1. The predicted molar refractivity (Wildman–Crippen MR) is 84.5 cm³/mol. The highest BCUT2D eigenvalue weighted by Gasteiger charge is 2.13. The molecule has 2 aromatic rings. The summed E-state index contributed by atoms with van der Waals surface area (Å²) in [4.78, 5) is 6.74. The SMILES string of the molecule is Cl.Cl.Fc1cccc(-c2nc(CN3CCNCC3)co2)c1. The molecule has 1 aliphatic rings. The van der Waals surface area contributed by atoms with E-state index in [0.717, 1.165) is 38.4 Å². The van der Waals surface area contributed by atoms with Gasteiger partial charge in [0.2, 0.25) is 5.89 Å². The third kappa shape index (κ3) is 4.68. The molecule has 1 N–H and O–H groups in total. The van der Waals surface area contributed by atoms with Crippen LogP contribution in [0.4, 0.5) is 4.39 Å². The van der Waals surface area contributed by atoms with Gasteiger partial charge in [-0.05, 0) is 18.2 Å². The van der Waals surface area contributed by atoms with Gasteiger partial charge >= 0.3 is 0 Å². The van der Waals surface area contributed by atoms with Crippen molar-refractivity contribution in [1.29, 1.82) is 0 Å². The van der Waals surface area contributed by atoms with Crippen molar-refractivity contribution in [2.24, 2.45) is 0 Å². The van der Waals surface area contributed by atoms with Crippen LogP contribution in [0.5, 0.6) is 0 Å². The van der Waals surface area contributed by atoms with Crippen molar-refractivity contribution in [3.05, 3.63) is 42.0 Å². The minimum absolute atomic E-state index is 0. The van der Waals surface area contributed by atoms with E-state index in [1.807, 2.05) is 0 Å². The minimum atomic E-state index is -0.278. The Bertz CT molecular complexity index is 559. The van der Waals surface area contributed by atoms with Gasteiger partial charge < -0.3 is 9.73 Å². The molecule has 21 heavy (non-hydrogen) atoms. The third-order valence-electron chi connectivity index (χ3n) is 3.22. The van der Waals surface area contributed by atoms with Crippen LogP contribution in [0.25, 0.3) is 11.5 Å². The van der Waals surface area contributed by atoms with Crippen molar-refractivity contribution in [1.82, 2.24) is 15.2 Å². The summed E-state index contributed by atoms with van der Waals surface area (Å²) >= 11 is 0.